The lowest BCUT2D eigenvalue weighted by Crippen LogP contribution is -2.38. The molecule has 0 saturated heterocycles. The maximum atomic E-state index is 13.6. The smallest absolute Gasteiger partial charge is 0.191 e. The Morgan fingerprint density at radius 1 is 1.11 bits per heavy atom. The Morgan fingerprint density at radius 3 is 2.39 bits per heavy atom. The summed E-state index contributed by atoms with van der Waals surface area (Å²) >= 11 is 0. The highest BCUT2D eigenvalue weighted by Crippen LogP contribution is 2.16. The number of benzene rings is 2. The third kappa shape index (κ3) is 6.96. The summed E-state index contributed by atoms with van der Waals surface area (Å²) in [7, 11) is -1.55. The molecule has 7 heteroatoms. The first-order valence-corrected chi connectivity index (χ1v) is 11.2. The molecule has 2 rings (SSSR count). The molecule has 1 unspecified atom stereocenters. The Labute approximate surface area is 167 Å². The van der Waals surface area contributed by atoms with Crippen LogP contribution in [0.4, 0.5) is 4.39 Å². The van der Waals surface area contributed by atoms with E-state index in [1.54, 1.807) is 7.05 Å². The Hall–Kier alpha value is -2.41. The SMILES string of the molecule is CN=C(NCc1cc(F)ccc1CS(C)(=O)=O)NCC(C)c1ccc(C)cc1. The van der Waals surface area contributed by atoms with Crippen LogP contribution in [0.5, 0.6) is 0 Å². The largest absolute Gasteiger partial charge is 0.356 e. The minimum Gasteiger partial charge on any atom is -0.356 e. The van der Waals surface area contributed by atoms with E-state index in [0.717, 1.165) is 0 Å². The van der Waals surface area contributed by atoms with Crippen molar-refractivity contribution in [2.24, 2.45) is 4.99 Å². The molecule has 0 spiro atoms. The predicted octanol–water partition coefficient (Wildman–Crippen LogP) is 3.15. The van der Waals surface area contributed by atoms with Gasteiger partial charge in [0.1, 0.15) is 5.82 Å². The van der Waals surface area contributed by atoms with Gasteiger partial charge in [0, 0.05) is 26.4 Å². The van der Waals surface area contributed by atoms with E-state index in [1.165, 1.54) is 35.6 Å². The molecular formula is C21H28FN3O2S. The fraction of sp³-hybridized carbons (Fsp3) is 0.381. The molecule has 2 N–H and O–H groups in total. The Bertz CT molecular complexity index is 925. The lowest BCUT2D eigenvalue weighted by Gasteiger charge is -2.17. The van der Waals surface area contributed by atoms with Gasteiger partial charge in [0.25, 0.3) is 0 Å². The van der Waals surface area contributed by atoms with E-state index in [1.807, 2.05) is 0 Å². The van der Waals surface area contributed by atoms with E-state index in [-0.39, 0.29) is 18.2 Å². The molecule has 0 fully saturated rings. The summed E-state index contributed by atoms with van der Waals surface area (Å²) in [6.45, 7) is 5.15. The minimum absolute atomic E-state index is 0.124. The molecule has 0 aromatic heterocycles. The molecule has 28 heavy (non-hydrogen) atoms. The summed E-state index contributed by atoms with van der Waals surface area (Å²) < 4.78 is 36.9. The van der Waals surface area contributed by atoms with Crippen LogP contribution in [0.15, 0.2) is 47.5 Å². The fourth-order valence-corrected chi connectivity index (χ4v) is 3.69. The first-order valence-electron chi connectivity index (χ1n) is 9.14. The van der Waals surface area contributed by atoms with Gasteiger partial charge in [0.05, 0.1) is 5.75 Å². The van der Waals surface area contributed by atoms with Crippen molar-refractivity contribution in [2.75, 3.05) is 19.8 Å². The van der Waals surface area contributed by atoms with Crippen LogP contribution < -0.4 is 10.6 Å². The number of aryl methyl sites for hydroxylation is 1. The number of aliphatic imine (C=N–C) groups is 1. The van der Waals surface area contributed by atoms with Gasteiger partial charge in [-0.3, -0.25) is 4.99 Å². The quantitative estimate of drug-likeness (QED) is 0.548. The van der Waals surface area contributed by atoms with Crippen molar-refractivity contribution in [2.45, 2.75) is 32.1 Å². The standard InChI is InChI=1S/C21H28FN3O2S/c1-15-5-7-17(8-6-15)16(2)12-24-21(23-3)25-13-19-11-20(22)10-9-18(19)14-28(4,26)27/h5-11,16H,12-14H2,1-4H3,(H2,23,24,25). The summed E-state index contributed by atoms with van der Waals surface area (Å²) in [5, 5.41) is 6.39. The van der Waals surface area contributed by atoms with Crippen LogP contribution in [-0.2, 0) is 22.1 Å². The highest BCUT2D eigenvalue weighted by molar-refractivity contribution is 7.89. The molecule has 2 aromatic rings. The number of sulfone groups is 1. The van der Waals surface area contributed by atoms with Gasteiger partial charge in [-0.1, -0.05) is 42.8 Å². The zero-order chi connectivity index (χ0) is 20.7. The van der Waals surface area contributed by atoms with Gasteiger partial charge in [0.2, 0.25) is 0 Å². The second kappa shape index (κ2) is 9.68. The molecule has 2 aromatic carbocycles. The van der Waals surface area contributed by atoms with Gasteiger partial charge in [-0.25, -0.2) is 12.8 Å². The molecule has 0 saturated carbocycles. The zero-order valence-electron chi connectivity index (χ0n) is 16.8. The monoisotopic (exact) mass is 405 g/mol. The summed E-state index contributed by atoms with van der Waals surface area (Å²) in [6, 6.07) is 12.6. The number of nitrogens with one attached hydrogen (secondary N) is 2. The molecule has 5 nitrogen and oxygen atoms in total. The summed E-state index contributed by atoms with van der Waals surface area (Å²) in [4.78, 5) is 4.19. The second-order valence-corrected chi connectivity index (χ2v) is 9.24. The molecule has 0 aliphatic heterocycles. The van der Waals surface area contributed by atoms with E-state index in [2.05, 4.69) is 53.7 Å². The van der Waals surface area contributed by atoms with Gasteiger partial charge in [0.15, 0.2) is 15.8 Å². The number of hydrogen-bond acceptors (Lipinski definition) is 3. The highest BCUT2D eigenvalue weighted by atomic mass is 32.2. The van der Waals surface area contributed by atoms with Crippen molar-refractivity contribution in [3.63, 3.8) is 0 Å². The summed E-state index contributed by atoms with van der Waals surface area (Å²) in [6.07, 6.45) is 1.17. The fourth-order valence-electron chi connectivity index (χ4n) is 2.84. The second-order valence-electron chi connectivity index (χ2n) is 7.10. The van der Waals surface area contributed by atoms with Crippen LogP contribution in [0.2, 0.25) is 0 Å². The van der Waals surface area contributed by atoms with E-state index < -0.39 is 15.7 Å². The topological polar surface area (TPSA) is 70.6 Å². The predicted molar refractivity (Wildman–Crippen MR) is 113 cm³/mol. The average molecular weight is 406 g/mol. The summed E-state index contributed by atoms with van der Waals surface area (Å²) in [5.74, 6) is 0.341. The highest BCUT2D eigenvalue weighted by Gasteiger charge is 2.12. The van der Waals surface area contributed by atoms with Gasteiger partial charge < -0.3 is 10.6 Å². The maximum absolute atomic E-state index is 13.6. The molecule has 0 aliphatic carbocycles. The first kappa shape index (κ1) is 21.9. The molecular weight excluding hydrogens is 377 g/mol. The van der Waals surface area contributed by atoms with Gasteiger partial charge >= 0.3 is 0 Å². The minimum atomic E-state index is -3.21. The summed E-state index contributed by atoms with van der Waals surface area (Å²) in [5.41, 5.74) is 3.63. The van der Waals surface area contributed by atoms with Crippen molar-refractivity contribution in [3.8, 4) is 0 Å². The number of halogens is 1. The lowest BCUT2D eigenvalue weighted by molar-refractivity contribution is 0.599. The number of guanidine groups is 1. The van der Waals surface area contributed by atoms with Crippen LogP contribution in [0.3, 0.4) is 0 Å². The zero-order valence-corrected chi connectivity index (χ0v) is 17.6. The molecule has 0 radical (unpaired) electrons. The lowest BCUT2D eigenvalue weighted by atomic mass is 10.0. The Kier molecular flexibility index (Phi) is 7.57. The van der Waals surface area contributed by atoms with E-state index >= 15 is 0 Å². The third-order valence-electron chi connectivity index (χ3n) is 4.48. The van der Waals surface area contributed by atoms with Crippen molar-refractivity contribution in [1.29, 1.82) is 0 Å². The Balaban J connectivity index is 1.98. The van der Waals surface area contributed by atoms with Gasteiger partial charge in [-0.05, 0) is 41.7 Å². The Morgan fingerprint density at radius 2 is 1.79 bits per heavy atom. The van der Waals surface area contributed by atoms with E-state index in [4.69, 9.17) is 0 Å². The molecule has 0 bridgehead atoms. The van der Waals surface area contributed by atoms with Gasteiger partial charge in [-0.15, -0.1) is 0 Å². The van der Waals surface area contributed by atoms with Crippen molar-refractivity contribution in [1.82, 2.24) is 10.6 Å². The van der Waals surface area contributed by atoms with Crippen molar-refractivity contribution >= 4 is 15.8 Å². The molecule has 0 amide bonds. The normalized spacial score (nSPS) is 13.2. The number of hydrogen-bond donors (Lipinski definition) is 2. The van der Waals surface area contributed by atoms with Crippen molar-refractivity contribution in [3.05, 3.63) is 70.5 Å². The van der Waals surface area contributed by atoms with Gasteiger partial charge in [-0.2, -0.15) is 0 Å². The molecule has 0 heterocycles. The van der Waals surface area contributed by atoms with Crippen LogP contribution in [0, 0.1) is 12.7 Å². The van der Waals surface area contributed by atoms with E-state index in [0.29, 0.717) is 23.6 Å². The van der Waals surface area contributed by atoms with Crippen LogP contribution >= 0.6 is 0 Å². The number of rotatable bonds is 7. The molecule has 1 atom stereocenters. The molecule has 0 aliphatic rings. The van der Waals surface area contributed by atoms with Crippen LogP contribution in [0.1, 0.15) is 35.1 Å². The number of nitrogens with zero attached hydrogens (tertiary/aromatic N) is 1. The molecule has 152 valence electrons. The van der Waals surface area contributed by atoms with E-state index in [9.17, 15) is 12.8 Å². The third-order valence-corrected chi connectivity index (χ3v) is 5.31. The van der Waals surface area contributed by atoms with Crippen molar-refractivity contribution < 1.29 is 12.8 Å². The first-order chi connectivity index (χ1) is 13.2. The maximum Gasteiger partial charge on any atom is 0.191 e. The van der Waals surface area contributed by atoms with Crippen LogP contribution in [-0.4, -0.2) is 34.2 Å². The van der Waals surface area contributed by atoms with Crippen LogP contribution in [0.25, 0.3) is 0 Å². The average Bonchev–Trinajstić information content (AvgIpc) is 2.63.